The molecule has 2 atom stereocenters. The summed E-state index contributed by atoms with van der Waals surface area (Å²) in [4.78, 5) is 26.6. The van der Waals surface area contributed by atoms with Crippen LogP contribution in [0.4, 0.5) is 5.69 Å². The third kappa shape index (κ3) is 4.59. The van der Waals surface area contributed by atoms with Crippen molar-refractivity contribution in [3.8, 4) is 11.5 Å². The van der Waals surface area contributed by atoms with Gasteiger partial charge in [-0.2, -0.15) is 0 Å². The number of ether oxygens (including phenoxy) is 2. The zero-order chi connectivity index (χ0) is 17.8. The van der Waals surface area contributed by atoms with Crippen molar-refractivity contribution in [1.29, 1.82) is 0 Å². The quantitative estimate of drug-likeness (QED) is 0.802. The number of nitrogens with zero attached hydrogens (tertiary/aromatic N) is 1. The van der Waals surface area contributed by atoms with Gasteiger partial charge in [0.05, 0.1) is 25.8 Å². The standard InChI is InChI=1S/C18H25N3O4.ClH/c1-24-15-7-14(8-16(9-15)25-2)21-11-12(6-17(21)22)18(23)20-13-4-3-5-19-10-13;/h7-9,12-13,19H,3-6,10-11H2,1-2H3,(H,20,23);1H/t12?,13-;/m0./s1. The van der Waals surface area contributed by atoms with E-state index >= 15 is 0 Å². The van der Waals surface area contributed by atoms with E-state index in [1.807, 2.05) is 0 Å². The third-order valence-corrected chi connectivity index (χ3v) is 4.79. The molecule has 2 N–H and O–H groups in total. The summed E-state index contributed by atoms with van der Waals surface area (Å²) in [6, 6.07) is 5.48. The normalized spacial score (nSPS) is 22.5. The fourth-order valence-electron chi connectivity index (χ4n) is 3.38. The van der Waals surface area contributed by atoms with E-state index in [1.54, 1.807) is 37.3 Å². The summed E-state index contributed by atoms with van der Waals surface area (Å²) >= 11 is 0. The van der Waals surface area contributed by atoms with Gasteiger partial charge in [-0.25, -0.2) is 0 Å². The Morgan fingerprint density at radius 1 is 1.23 bits per heavy atom. The zero-order valence-corrected chi connectivity index (χ0v) is 15.9. The molecule has 26 heavy (non-hydrogen) atoms. The van der Waals surface area contributed by atoms with Gasteiger partial charge in [0.2, 0.25) is 11.8 Å². The fraction of sp³-hybridized carbons (Fsp3) is 0.556. The van der Waals surface area contributed by atoms with Gasteiger partial charge < -0.3 is 25.0 Å². The molecule has 0 radical (unpaired) electrons. The van der Waals surface area contributed by atoms with Gasteiger partial charge in [-0.15, -0.1) is 12.4 Å². The number of anilines is 1. The third-order valence-electron chi connectivity index (χ3n) is 4.79. The molecule has 8 heteroatoms. The topological polar surface area (TPSA) is 79.9 Å². The van der Waals surface area contributed by atoms with Crippen LogP contribution in [0.15, 0.2) is 18.2 Å². The highest BCUT2D eigenvalue weighted by atomic mass is 35.5. The van der Waals surface area contributed by atoms with Crippen molar-refractivity contribution < 1.29 is 19.1 Å². The van der Waals surface area contributed by atoms with E-state index in [2.05, 4.69) is 10.6 Å². The molecule has 0 saturated carbocycles. The van der Waals surface area contributed by atoms with Gasteiger partial charge in [-0.3, -0.25) is 9.59 Å². The maximum atomic E-state index is 12.5. The summed E-state index contributed by atoms with van der Waals surface area (Å²) in [5.41, 5.74) is 0.691. The Bertz CT molecular complexity index is 627. The Morgan fingerprint density at radius 3 is 2.50 bits per heavy atom. The first-order chi connectivity index (χ1) is 12.1. The molecule has 2 fully saturated rings. The van der Waals surface area contributed by atoms with Crippen LogP contribution in [-0.4, -0.2) is 51.7 Å². The van der Waals surface area contributed by atoms with Crippen LogP contribution in [0.3, 0.4) is 0 Å². The van der Waals surface area contributed by atoms with Crippen LogP contribution in [0.2, 0.25) is 0 Å². The SMILES string of the molecule is COc1cc(OC)cc(N2CC(C(=O)N[C@H]3CCCNC3)CC2=O)c1.Cl. The number of methoxy groups -OCH3 is 2. The molecule has 3 rings (SSSR count). The Hall–Kier alpha value is -1.99. The highest BCUT2D eigenvalue weighted by molar-refractivity contribution is 6.00. The summed E-state index contributed by atoms with van der Waals surface area (Å²) in [7, 11) is 3.14. The molecule has 0 spiro atoms. The average Bonchev–Trinajstić information content (AvgIpc) is 3.04. The van der Waals surface area contributed by atoms with Crippen molar-refractivity contribution in [2.75, 3.05) is 38.8 Å². The number of halogens is 1. The van der Waals surface area contributed by atoms with Crippen LogP contribution in [0.1, 0.15) is 19.3 Å². The maximum Gasteiger partial charge on any atom is 0.227 e. The highest BCUT2D eigenvalue weighted by Crippen LogP contribution is 2.32. The Balaban J connectivity index is 0.00000243. The van der Waals surface area contributed by atoms with Gasteiger partial charge in [0, 0.05) is 43.8 Å². The predicted molar refractivity (Wildman–Crippen MR) is 101 cm³/mol. The smallest absolute Gasteiger partial charge is 0.227 e. The molecule has 2 aliphatic rings. The molecule has 0 aliphatic carbocycles. The molecule has 0 aromatic heterocycles. The van der Waals surface area contributed by atoms with Gasteiger partial charge >= 0.3 is 0 Å². The van der Waals surface area contributed by atoms with E-state index in [-0.39, 0.29) is 42.6 Å². The predicted octanol–water partition coefficient (Wildman–Crippen LogP) is 1.35. The van der Waals surface area contributed by atoms with E-state index in [0.717, 1.165) is 25.9 Å². The molecule has 7 nitrogen and oxygen atoms in total. The molecule has 1 aromatic carbocycles. The van der Waals surface area contributed by atoms with E-state index in [4.69, 9.17) is 9.47 Å². The lowest BCUT2D eigenvalue weighted by Gasteiger charge is -2.25. The first kappa shape index (κ1) is 20.3. The molecule has 2 saturated heterocycles. The molecule has 2 aliphatic heterocycles. The first-order valence-corrected chi connectivity index (χ1v) is 8.65. The summed E-state index contributed by atoms with van der Waals surface area (Å²) in [5.74, 6) is 0.801. The number of carbonyl (C=O) groups is 2. The van der Waals surface area contributed by atoms with Crippen LogP contribution in [0.25, 0.3) is 0 Å². The van der Waals surface area contributed by atoms with Crippen LogP contribution in [-0.2, 0) is 9.59 Å². The number of benzene rings is 1. The zero-order valence-electron chi connectivity index (χ0n) is 15.1. The number of nitrogens with one attached hydrogen (secondary N) is 2. The van der Waals surface area contributed by atoms with Crippen LogP contribution >= 0.6 is 12.4 Å². The molecular formula is C18H26ClN3O4. The minimum Gasteiger partial charge on any atom is -0.497 e. The number of carbonyl (C=O) groups excluding carboxylic acids is 2. The lowest BCUT2D eigenvalue weighted by atomic mass is 10.0. The van der Waals surface area contributed by atoms with Crippen molar-refractivity contribution in [2.24, 2.45) is 5.92 Å². The van der Waals surface area contributed by atoms with E-state index in [9.17, 15) is 9.59 Å². The number of hydrogen-bond acceptors (Lipinski definition) is 5. The van der Waals surface area contributed by atoms with E-state index in [1.165, 1.54) is 0 Å². The number of piperidine rings is 1. The summed E-state index contributed by atoms with van der Waals surface area (Å²) < 4.78 is 10.5. The van der Waals surface area contributed by atoms with E-state index < -0.39 is 0 Å². The van der Waals surface area contributed by atoms with Crippen molar-refractivity contribution in [1.82, 2.24) is 10.6 Å². The highest BCUT2D eigenvalue weighted by Gasteiger charge is 2.36. The average molecular weight is 384 g/mol. The van der Waals surface area contributed by atoms with Gasteiger partial charge in [-0.1, -0.05) is 0 Å². The summed E-state index contributed by atoms with van der Waals surface area (Å²) in [6.07, 6.45) is 2.27. The lowest BCUT2D eigenvalue weighted by molar-refractivity contribution is -0.127. The molecule has 2 heterocycles. The molecule has 1 unspecified atom stereocenters. The summed E-state index contributed by atoms with van der Waals surface area (Å²) in [6.45, 7) is 2.17. The fourth-order valence-corrected chi connectivity index (χ4v) is 3.38. The second-order valence-corrected chi connectivity index (χ2v) is 6.53. The van der Waals surface area contributed by atoms with Crippen LogP contribution in [0.5, 0.6) is 11.5 Å². The largest absolute Gasteiger partial charge is 0.497 e. The molecule has 1 aromatic rings. The minimum atomic E-state index is -0.327. The Labute approximate surface area is 159 Å². The first-order valence-electron chi connectivity index (χ1n) is 8.65. The number of hydrogen-bond donors (Lipinski definition) is 2. The molecular weight excluding hydrogens is 358 g/mol. The lowest BCUT2D eigenvalue weighted by Crippen LogP contribution is -2.47. The van der Waals surface area contributed by atoms with Gasteiger partial charge in [-0.05, 0) is 19.4 Å². The van der Waals surface area contributed by atoms with Gasteiger partial charge in [0.15, 0.2) is 0 Å². The number of rotatable bonds is 5. The van der Waals surface area contributed by atoms with Gasteiger partial charge in [0.25, 0.3) is 0 Å². The Morgan fingerprint density at radius 2 is 1.92 bits per heavy atom. The Kier molecular flexibility index (Phi) is 7.11. The molecule has 2 amide bonds. The molecule has 144 valence electrons. The van der Waals surface area contributed by atoms with E-state index in [0.29, 0.717) is 23.7 Å². The minimum absolute atomic E-state index is 0. The maximum absolute atomic E-state index is 12.5. The monoisotopic (exact) mass is 383 g/mol. The second-order valence-electron chi connectivity index (χ2n) is 6.53. The second kappa shape index (κ2) is 9.09. The van der Waals surface area contributed by atoms with Crippen molar-refractivity contribution >= 4 is 29.9 Å². The number of amides is 2. The van der Waals surface area contributed by atoms with Crippen LogP contribution < -0.4 is 25.0 Å². The molecule has 0 bridgehead atoms. The van der Waals surface area contributed by atoms with Gasteiger partial charge in [0.1, 0.15) is 11.5 Å². The van der Waals surface area contributed by atoms with Crippen molar-refractivity contribution in [3.05, 3.63) is 18.2 Å². The van der Waals surface area contributed by atoms with Crippen molar-refractivity contribution in [3.63, 3.8) is 0 Å². The van der Waals surface area contributed by atoms with Crippen molar-refractivity contribution in [2.45, 2.75) is 25.3 Å². The van der Waals surface area contributed by atoms with Crippen LogP contribution in [0, 0.1) is 5.92 Å². The summed E-state index contributed by atoms with van der Waals surface area (Å²) in [5, 5.41) is 6.35.